The van der Waals surface area contributed by atoms with Crippen molar-refractivity contribution >= 4 is 0 Å². The smallest absolute Gasteiger partial charge is 0.210 e. The van der Waals surface area contributed by atoms with Gasteiger partial charge < -0.3 is 0 Å². The number of aromatic nitrogens is 2. The third kappa shape index (κ3) is 2.68. The molecule has 0 aliphatic rings. The first-order valence-electron chi connectivity index (χ1n) is 6.38. The number of pyridine rings is 2. The van der Waals surface area contributed by atoms with E-state index in [2.05, 4.69) is 64.3 Å². The van der Waals surface area contributed by atoms with Gasteiger partial charge in [0.25, 0.3) is 0 Å². The number of hydrogen-bond acceptors (Lipinski definition) is 1. The average Bonchev–Trinajstić information content (AvgIpc) is 2.50. The highest BCUT2D eigenvalue weighted by molar-refractivity contribution is 5.23. The van der Waals surface area contributed by atoms with Gasteiger partial charge in [0.1, 0.15) is 0 Å². The number of rotatable bonds is 3. The van der Waals surface area contributed by atoms with E-state index in [1.54, 1.807) is 0 Å². The van der Waals surface area contributed by atoms with E-state index in [1.807, 2.05) is 24.4 Å². The zero-order chi connectivity index (χ0) is 12.9. The highest BCUT2D eigenvalue weighted by Gasteiger charge is 2.13. The second-order valence-corrected chi connectivity index (χ2v) is 4.40. The summed E-state index contributed by atoms with van der Waals surface area (Å²) < 4.78 is 2.20. The maximum Gasteiger partial charge on any atom is 0.210 e. The summed E-state index contributed by atoms with van der Waals surface area (Å²) in [5, 5.41) is 0. The minimum atomic E-state index is 0.830. The highest BCUT2D eigenvalue weighted by Crippen LogP contribution is 2.06. The summed E-state index contributed by atoms with van der Waals surface area (Å²) in [7, 11) is 0. The molecule has 0 fully saturated rings. The second-order valence-electron chi connectivity index (χ2n) is 4.40. The Morgan fingerprint density at radius 1 is 0.789 bits per heavy atom. The number of para-hydroxylation sites is 1. The monoisotopic (exact) mass is 247 g/mol. The van der Waals surface area contributed by atoms with Crippen molar-refractivity contribution < 1.29 is 4.57 Å². The summed E-state index contributed by atoms with van der Waals surface area (Å²) in [5.74, 6) is 0. The van der Waals surface area contributed by atoms with E-state index in [9.17, 15) is 0 Å². The van der Waals surface area contributed by atoms with E-state index in [0.29, 0.717) is 0 Å². The van der Waals surface area contributed by atoms with Crippen molar-refractivity contribution in [1.82, 2.24) is 4.98 Å². The topological polar surface area (TPSA) is 16.8 Å². The molecule has 0 atom stereocenters. The quantitative estimate of drug-likeness (QED) is 0.650. The van der Waals surface area contributed by atoms with Gasteiger partial charge in [0, 0.05) is 30.5 Å². The van der Waals surface area contributed by atoms with Gasteiger partial charge in [-0.15, -0.1) is 0 Å². The van der Waals surface area contributed by atoms with Crippen molar-refractivity contribution in [2.75, 3.05) is 0 Å². The van der Waals surface area contributed by atoms with Gasteiger partial charge in [-0.05, 0) is 12.1 Å². The van der Waals surface area contributed by atoms with Crippen molar-refractivity contribution in [3.63, 3.8) is 0 Å². The third-order valence-corrected chi connectivity index (χ3v) is 3.07. The van der Waals surface area contributed by atoms with Gasteiger partial charge in [-0.3, -0.25) is 4.98 Å². The standard InChI is InChI=1S/C17H15N2/c1-2-9-16(10-3-1)19-13-7-5-11-17(19)14-15-8-4-6-12-18-15/h1-13H,14H2/q+1. The average molecular weight is 247 g/mol. The molecule has 2 heterocycles. The largest absolute Gasteiger partial charge is 0.261 e. The van der Waals surface area contributed by atoms with Gasteiger partial charge in [-0.25, -0.2) is 0 Å². The van der Waals surface area contributed by atoms with E-state index in [1.165, 1.54) is 11.4 Å². The maximum atomic E-state index is 4.40. The minimum Gasteiger partial charge on any atom is -0.261 e. The van der Waals surface area contributed by atoms with E-state index in [4.69, 9.17) is 0 Å². The molecule has 2 nitrogen and oxygen atoms in total. The Morgan fingerprint density at radius 2 is 1.58 bits per heavy atom. The molecule has 2 aromatic heterocycles. The molecule has 0 radical (unpaired) electrons. The van der Waals surface area contributed by atoms with Gasteiger partial charge >= 0.3 is 0 Å². The van der Waals surface area contributed by atoms with Crippen molar-refractivity contribution in [2.24, 2.45) is 0 Å². The summed E-state index contributed by atoms with van der Waals surface area (Å²) >= 11 is 0. The molecule has 0 bridgehead atoms. The minimum absolute atomic E-state index is 0.830. The molecule has 0 aliphatic carbocycles. The molecule has 0 saturated carbocycles. The van der Waals surface area contributed by atoms with Gasteiger partial charge in [0.15, 0.2) is 11.9 Å². The number of nitrogens with zero attached hydrogens (tertiary/aromatic N) is 2. The zero-order valence-electron chi connectivity index (χ0n) is 10.6. The Balaban J connectivity index is 1.99. The molecule has 3 aromatic rings. The molecule has 1 aromatic carbocycles. The fraction of sp³-hybridized carbons (Fsp3) is 0.0588. The Kier molecular flexibility index (Phi) is 3.32. The van der Waals surface area contributed by atoms with Crippen molar-refractivity contribution in [3.05, 3.63) is 90.5 Å². The van der Waals surface area contributed by atoms with Crippen LogP contribution in [0.15, 0.2) is 79.1 Å². The zero-order valence-corrected chi connectivity index (χ0v) is 10.6. The molecule has 3 rings (SSSR count). The highest BCUT2D eigenvalue weighted by atomic mass is 15.0. The Hall–Kier alpha value is -2.48. The Bertz CT molecular complexity index is 648. The summed E-state index contributed by atoms with van der Waals surface area (Å²) in [6.07, 6.45) is 4.76. The van der Waals surface area contributed by atoms with Crippen molar-refractivity contribution in [2.45, 2.75) is 6.42 Å². The van der Waals surface area contributed by atoms with Crippen LogP contribution in [0, 0.1) is 0 Å². The van der Waals surface area contributed by atoms with Gasteiger partial charge in [0.2, 0.25) is 5.69 Å². The molecule has 0 amide bonds. The number of benzene rings is 1. The normalized spacial score (nSPS) is 10.3. The van der Waals surface area contributed by atoms with Crippen LogP contribution in [0.1, 0.15) is 11.4 Å². The first-order valence-corrected chi connectivity index (χ1v) is 6.38. The molecule has 0 N–H and O–H groups in total. The molecule has 0 unspecified atom stereocenters. The molecule has 0 saturated heterocycles. The van der Waals surface area contributed by atoms with Crippen LogP contribution in [-0.4, -0.2) is 4.98 Å². The third-order valence-electron chi connectivity index (χ3n) is 3.07. The van der Waals surface area contributed by atoms with Crippen LogP contribution in [0.5, 0.6) is 0 Å². The molecule has 92 valence electrons. The Labute approximate surface area is 113 Å². The maximum absolute atomic E-state index is 4.40. The second kappa shape index (κ2) is 5.44. The van der Waals surface area contributed by atoms with Crippen LogP contribution in [0.4, 0.5) is 0 Å². The number of hydrogen-bond donors (Lipinski definition) is 0. The molecule has 0 spiro atoms. The first kappa shape index (κ1) is 11.6. The molecule has 2 heteroatoms. The van der Waals surface area contributed by atoms with E-state index >= 15 is 0 Å². The lowest BCUT2D eigenvalue weighted by atomic mass is 10.2. The fourth-order valence-corrected chi connectivity index (χ4v) is 2.15. The van der Waals surface area contributed by atoms with Crippen LogP contribution in [0.2, 0.25) is 0 Å². The van der Waals surface area contributed by atoms with Crippen LogP contribution in [-0.2, 0) is 6.42 Å². The SMILES string of the molecule is c1ccc(-[n+]2ccccc2Cc2ccccn2)cc1. The van der Waals surface area contributed by atoms with Crippen LogP contribution in [0.3, 0.4) is 0 Å². The van der Waals surface area contributed by atoms with Crippen molar-refractivity contribution in [1.29, 1.82) is 0 Å². The summed E-state index contributed by atoms with van der Waals surface area (Å²) in [4.78, 5) is 4.40. The predicted octanol–water partition coefficient (Wildman–Crippen LogP) is 2.95. The summed E-state index contributed by atoms with van der Waals surface area (Å²) in [5.41, 5.74) is 3.49. The summed E-state index contributed by atoms with van der Waals surface area (Å²) in [6.45, 7) is 0. The first-order chi connectivity index (χ1) is 9.43. The van der Waals surface area contributed by atoms with E-state index in [0.717, 1.165) is 12.1 Å². The van der Waals surface area contributed by atoms with Crippen LogP contribution < -0.4 is 4.57 Å². The van der Waals surface area contributed by atoms with Gasteiger partial charge in [-0.1, -0.05) is 30.3 Å². The molecule has 0 aliphatic heterocycles. The fourth-order valence-electron chi connectivity index (χ4n) is 2.15. The van der Waals surface area contributed by atoms with Crippen LogP contribution in [0.25, 0.3) is 5.69 Å². The van der Waals surface area contributed by atoms with Gasteiger partial charge in [0.05, 0.1) is 12.1 Å². The lowest BCUT2D eigenvalue weighted by Gasteiger charge is -2.02. The lowest BCUT2D eigenvalue weighted by molar-refractivity contribution is -0.604. The van der Waals surface area contributed by atoms with Crippen LogP contribution >= 0.6 is 0 Å². The van der Waals surface area contributed by atoms with E-state index in [-0.39, 0.29) is 0 Å². The van der Waals surface area contributed by atoms with Gasteiger partial charge in [-0.2, -0.15) is 4.57 Å². The lowest BCUT2D eigenvalue weighted by Crippen LogP contribution is -2.35. The Morgan fingerprint density at radius 3 is 2.37 bits per heavy atom. The van der Waals surface area contributed by atoms with Crippen molar-refractivity contribution in [3.8, 4) is 5.69 Å². The molecular weight excluding hydrogens is 232 g/mol. The van der Waals surface area contributed by atoms with E-state index < -0.39 is 0 Å². The predicted molar refractivity (Wildman–Crippen MR) is 75.0 cm³/mol. The molecular formula is C17H15N2+. The molecule has 19 heavy (non-hydrogen) atoms. The summed E-state index contributed by atoms with van der Waals surface area (Å²) in [6, 6.07) is 22.7.